The zero-order chi connectivity index (χ0) is 14.5. The van der Waals surface area contributed by atoms with Gasteiger partial charge in [0.1, 0.15) is 0 Å². The molecule has 0 atom stereocenters. The van der Waals surface area contributed by atoms with E-state index in [-0.39, 0.29) is 5.91 Å². The molecule has 0 aliphatic rings. The summed E-state index contributed by atoms with van der Waals surface area (Å²) in [5.74, 6) is -0.159. The van der Waals surface area contributed by atoms with Crippen LogP contribution in [0.3, 0.4) is 0 Å². The molecular weight excluding hydrogens is 260 g/mol. The molecular formula is C18H14N2O. The lowest BCUT2D eigenvalue weighted by atomic mass is 10.1. The molecule has 1 heterocycles. The fourth-order valence-electron chi connectivity index (χ4n) is 2.11. The molecule has 0 fully saturated rings. The molecule has 0 saturated carbocycles. The van der Waals surface area contributed by atoms with Crippen molar-refractivity contribution < 1.29 is 4.79 Å². The number of rotatable bonds is 3. The summed E-state index contributed by atoms with van der Waals surface area (Å²) in [5.41, 5.74) is 3.50. The molecule has 3 heteroatoms. The Bertz CT molecular complexity index is 739. The van der Waals surface area contributed by atoms with E-state index in [4.69, 9.17) is 0 Å². The summed E-state index contributed by atoms with van der Waals surface area (Å²) < 4.78 is 0. The van der Waals surface area contributed by atoms with Crippen molar-refractivity contribution in [3.63, 3.8) is 0 Å². The molecule has 3 rings (SSSR count). The second-order valence-corrected chi connectivity index (χ2v) is 4.64. The Kier molecular flexibility index (Phi) is 3.74. The summed E-state index contributed by atoms with van der Waals surface area (Å²) in [7, 11) is 0. The number of hydrogen-bond donors (Lipinski definition) is 1. The number of carbonyl (C=O) groups excluding carboxylic acids is 1. The molecule has 1 aromatic heterocycles. The van der Waals surface area contributed by atoms with Crippen molar-refractivity contribution in [2.24, 2.45) is 0 Å². The van der Waals surface area contributed by atoms with E-state index in [9.17, 15) is 4.79 Å². The van der Waals surface area contributed by atoms with Gasteiger partial charge in [0.15, 0.2) is 0 Å². The van der Waals surface area contributed by atoms with Gasteiger partial charge < -0.3 is 5.32 Å². The summed E-state index contributed by atoms with van der Waals surface area (Å²) in [5, 5.41) is 2.89. The van der Waals surface area contributed by atoms with E-state index < -0.39 is 0 Å². The van der Waals surface area contributed by atoms with Crippen LogP contribution in [0.25, 0.3) is 11.1 Å². The van der Waals surface area contributed by atoms with Gasteiger partial charge in [0.2, 0.25) is 0 Å². The first kappa shape index (κ1) is 13.1. The van der Waals surface area contributed by atoms with Gasteiger partial charge in [-0.15, -0.1) is 0 Å². The number of anilines is 1. The van der Waals surface area contributed by atoms with Crippen LogP contribution in [0, 0.1) is 0 Å². The smallest absolute Gasteiger partial charge is 0.257 e. The van der Waals surface area contributed by atoms with Crippen LogP contribution in [0.5, 0.6) is 0 Å². The van der Waals surface area contributed by atoms with Crippen LogP contribution in [0.2, 0.25) is 0 Å². The highest BCUT2D eigenvalue weighted by Gasteiger charge is 2.06. The Hall–Kier alpha value is -2.94. The fourth-order valence-corrected chi connectivity index (χ4v) is 2.11. The number of hydrogen-bond acceptors (Lipinski definition) is 2. The Labute approximate surface area is 123 Å². The quantitative estimate of drug-likeness (QED) is 0.784. The predicted octanol–water partition coefficient (Wildman–Crippen LogP) is 4.00. The van der Waals surface area contributed by atoms with Crippen molar-refractivity contribution in [3.05, 3.63) is 84.7 Å². The van der Waals surface area contributed by atoms with Gasteiger partial charge in [0.05, 0.1) is 5.56 Å². The SMILES string of the molecule is O=C(Nc1cccc(-c2ccccc2)c1)c1cccnc1. The van der Waals surface area contributed by atoms with Gasteiger partial charge in [-0.2, -0.15) is 0 Å². The molecule has 102 valence electrons. The van der Waals surface area contributed by atoms with Gasteiger partial charge in [0, 0.05) is 18.1 Å². The summed E-state index contributed by atoms with van der Waals surface area (Å²) in [6.07, 6.45) is 3.20. The largest absolute Gasteiger partial charge is 0.322 e. The first-order valence-corrected chi connectivity index (χ1v) is 6.70. The number of benzene rings is 2. The minimum Gasteiger partial charge on any atom is -0.322 e. The van der Waals surface area contributed by atoms with E-state index >= 15 is 0 Å². The summed E-state index contributed by atoms with van der Waals surface area (Å²) in [6, 6.07) is 21.3. The minimum absolute atomic E-state index is 0.159. The van der Waals surface area contributed by atoms with E-state index in [2.05, 4.69) is 10.3 Å². The number of nitrogens with one attached hydrogen (secondary N) is 1. The molecule has 0 bridgehead atoms. The first-order chi connectivity index (χ1) is 10.3. The second kappa shape index (κ2) is 6.01. The number of pyridine rings is 1. The maximum Gasteiger partial charge on any atom is 0.257 e. The third-order valence-electron chi connectivity index (χ3n) is 3.15. The molecule has 0 spiro atoms. The zero-order valence-corrected chi connectivity index (χ0v) is 11.4. The van der Waals surface area contributed by atoms with Crippen molar-refractivity contribution in [3.8, 4) is 11.1 Å². The number of carbonyl (C=O) groups is 1. The van der Waals surface area contributed by atoms with Crippen molar-refractivity contribution >= 4 is 11.6 Å². The van der Waals surface area contributed by atoms with Gasteiger partial charge in [0.25, 0.3) is 5.91 Å². The normalized spacial score (nSPS) is 10.1. The second-order valence-electron chi connectivity index (χ2n) is 4.64. The van der Waals surface area contributed by atoms with Gasteiger partial charge in [-0.3, -0.25) is 9.78 Å². The lowest BCUT2D eigenvalue weighted by Crippen LogP contribution is -2.11. The molecule has 0 unspecified atom stereocenters. The Morgan fingerprint density at radius 1 is 0.857 bits per heavy atom. The van der Waals surface area contributed by atoms with Gasteiger partial charge in [-0.1, -0.05) is 42.5 Å². The average Bonchev–Trinajstić information content (AvgIpc) is 2.57. The molecule has 0 aliphatic heterocycles. The molecule has 2 aromatic carbocycles. The summed E-state index contributed by atoms with van der Waals surface area (Å²) in [4.78, 5) is 16.1. The van der Waals surface area contributed by atoms with E-state index in [0.717, 1.165) is 16.8 Å². The van der Waals surface area contributed by atoms with E-state index in [0.29, 0.717) is 5.56 Å². The van der Waals surface area contributed by atoms with E-state index in [1.54, 1.807) is 24.5 Å². The molecule has 21 heavy (non-hydrogen) atoms. The van der Waals surface area contributed by atoms with Crippen molar-refractivity contribution in [1.29, 1.82) is 0 Å². The van der Waals surface area contributed by atoms with Crippen LogP contribution < -0.4 is 5.32 Å². The van der Waals surface area contributed by atoms with Crippen LogP contribution >= 0.6 is 0 Å². The third-order valence-corrected chi connectivity index (χ3v) is 3.15. The predicted molar refractivity (Wildman–Crippen MR) is 84.1 cm³/mol. The van der Waals surface area contributed by atoms with Gasteiger partial charge in [-0.05, 0) is 35.4 Å². The molecule has 0 saturated heterocycles. The van der Waals surface area contributed by atoms with Crippen LogP contribution in [0.15, 0.2) is 79.1 Å². The molecule has 0 radical (unpaired) electrons. The third kappa shape index (κ3) is 3.15. The summed E-state index contributed by atoms with van der Waals surface area (Å²) >= 11 is 0. The monoisotopic (exact) mass is 274 g/mol. The molecule has 3 aromatic rings. The van der Waals surface area contributed by atoms with Crippen molar-refractivity contribution in [2.75, 3.05) is 5.32 Å². The number of aromatic nitrogens is 1. The molecule has 0 aliphatic carbocycles. The van der Waals surface area contributed by atoms with Gasteiger partial charge >= 0.3 is 0 Å². The minimum atomic E-state index is -0.159. The highest BCUT2D eigenvalue weighted by atomic mass is 16.1. The van der Waals surface area contributed by atoms with Crippen LogP contribution in [-0.4, -0.2) is 10.9 Å². The Morgan fingerprint density at radius 2 is 1.67 bits per heavy atom. The van der Waals surface area contributed by atoms with E-state index in [1.165, 1.54) is 0 Å². The lowest BCUT2D eigenvalue weighted by Gasteiger charge is -2.07. The molecule has 1 amide bonds. The molecule has 3 nitrogen and oxygen atoms in total. The first-order valence-electron chi connectivity index (χ1n) is 6.70. The Balaban J connectivity index is 1.83. The standard InChI is InChI=1S/C18H14N2O/c21-18(16-9-5-11-19-13-16)20-17-10-4-8-15(12-17)14-6-2-1-3-7-14/h1-13H,(H,20,21). The number of amides is 1. The zero-order valence-electron chi connectivity index (χ0n) is 11.4. The maximum atomic E-state index is 12.1. The number of nitrogens with zero attached hydrogens (tertiary/aromatic N) is 1. The fraction of sp³-hybridized carbons (Fsp3) is 0. The summed E-state index contributed by atoms with van der Waals surface area (Å²) in [6.45, 7) is 0. The average molecular weight is 274 g/mol. The van der Waals surface area contributed by atoms with Gasteiger partial charge in [-0.25, -0.2) is 0 Å². The van der Waals surface area contributed by atoms with Crippen molar-refractivity contribution in [1.82, 2.24) is 4.98 Å². The maximum absolute atomic E-state index is 12.1. The molecule has 1 N–H and O–H groups in total. The Morgan fingerprint density at radius 3 is 2.43 bits per heavy atom. The highest BCUT2D eigenvalue weighted by Crippen LogP contribution is 2.22. The lowest BCUT2D eigenvalue weighted by molar-refractivity contribution is 0.102. The van der Waals surface area contributed by atoms with Crippen molar-refractivity contribution in [2.45, 2.75) is 0 Å². The van der Waals surface area contributed by atoms with E-state index in [1.807, 2.05) is 54.6 Å². The van der Waals surface area contributed by atoms with Crippen LogP contribution in [0.4, 0.5) is 5.69 Å². The van der Waals surface area contributed by atoms with Crippen LogP contribution in [0.1, 0.15) is 10.4 Å². The van der Waals surface area contributed by atoms with Crippen LogP contribution in [-0.2, 0) is 0 Å². The topological polar surface area (TPSA) is 42.0 Å². The highest BCUT2D eigenvalue weighted by molar-refractivity contribution is 6.04.